The van der Waals surface area contributed by atoms with Gasteiger partial charge in [0.2, 0.25) is 11.8 Å². The Balaban J connectivity index is 1.93. The molecule has 10 heteroatoms. The maximum atomic E-state index is 13.6. The first-order valence-corrected chi connectivity index (χ1v) is 10.0. The molecule has 0 aliphatic carbocycles. The number of likely N-dealkylation sites (tertiary alicyclic amines) is 1. The van der Waals surface area contributed by atoms with Crippen molar-refractivity contribution < 1.29 is 35.9 Å². The molecule has 0 spiro atoms. The number of alkyl halides is 6. The zero-order chi connectivity index (χ0) is 24.2. The van der Waals surface area contributed by atoms with Crippen molar-refractivity contribution in [2.45, 2.75) is 31.2 Å². The molecule has 4 nitrogen and oxygen atoms in total. The Labute approximate surface area is 185 Å². The largest absolute Gasteiger partial charge is 0.417 e. The molecule has 176 valence electrons. The Hall–Kier alpha value is -3.30. The lowest BCUT2D eigenvalue weighted by molar-refractivity contribution is -0.137. The molecule has 1 N–H and O–H groups in total. The first-order chi connectivity index (χ1) is 15.4. The summed E-state index contributed by atoms with van der Waals surface area (Å²) in [5, 5.41) is 2.36. The summed E-state index contributed by atoms with van der Waals surface area (Å²) in [4.78, 5) is 26.0. The lowest BCUT2D eigenvalue weighted by atomic mass is 10.0. The van der Waals surface area contributed by atoms with Crippen LogP contribution in [0.5, 0.6) is 0 Å². The quantitative estimate of drug-likeness (QED) is 0.470. The molecule has 2 amide bonds. The average Bonchev–Trinajstić information content (AvgIpc) is 3.15. The fourth-order valence-corrected chi connectivity index (χ4v) is 3.57. The fourth-order valence-electron chi connectivity index (χ4n) is 3.57. The molecule has 0 bridgehead atoms. The van der Waals surface area contributed by atoms with E-state index in [1.807, 2.05) is 0 Å². The number of amides is 2. The molecular formula is C23H20F6N2O2. The van der Waals surface area contributed by atoms with Crippen LogP contribution in [-0.2, 0) is 15.8 Å². The van der Waals surface area contributed by atoms with Crippen molar-refractivity contribution in [2.75, 3.05) is 13.1 Å². The van der Waals surface area contributed by atoms with Gasteiger partial charge in [0.25, 0.3) is 0 Å². The van der Waals surface area contributed by atoms with Crippen molar-refractivity contribution in [2.24, 2.45) is 0 Å². The highest BCUT2D eigenvalue weighted by molar-refractivity contribution is 5.96. The van der Waals surface area contributed by atoms with Crippen LogP contribution < -0.4 is 5.32 Å². The number of allylic oxidation sites excluding steroid dienone is 1. The molecule has 3 rings (SSSR count). The van der Waals surface area contributed by atoms with Crippen LogP contribution in [0.4, 0.5) is 26.3 Å². The first-order valence-electron chi connectivity index (χ1n) is 10.0. The second-order valence-corrected chi connectivity index (χ2v) is 7.55. The van der Waals surface area contributed by atoms with E-state index in [9.17, 15) is 35.9 Å². The summed E-state index contributed by atoms with van der Waals surface area (Å²) in [5.41, 5.74) is -2.37. The van der Waals surface area contributed by atoms with E-state index in [2.05, 4.69) is 5.32 Å². The van der Waals surface area contributed by atoms with E-state index in [4.69, 9.17) is 0 Å². The van der Waals surface area contributed by atoms with Crippen molar-refractivity contribution >= 4 is 17.4 Å². The van der Waals surface area contributed by atoms with Crippen LogP contribution in [0, 0.1) is 0 Å². The monoisotopic (exact) mass is 470 g/mol. The number of nitrogens with zero attached hydrogens (tertiary/aromatic N) is 1. The highest BCUT2D eigenvalue weighted by atomic mass is 19.4. The minimum atomic E-state index is -4.84. The topological polar surface area (TPSA) is 49.4 Å². The third-order valence-corrected chi connectivity index (χ3v) is 5.17. The molecular weight excluding hydrogens is 450 g/mol. The number of carbonyl (C=O) groups excluding carboxylic acids is 2. The summed E-state index contributed by atoms with van der Waals surface area (Å²) < 4.78 is 80.2. The lowest BCUT2D eigenvalue weighted by Crippen LogP contribution is -2.38. The molecule has 0 saturated carbocycles. The van der Waals surface area contributed by atoms with Gasteiger partial charge in [-0.3, -0.25) is 9.59 Å². The molecule has 1 atom stereocenters. The number of rotatable bonds is 6. The van der Waals surface area contributed by atoms with Gasteiger partial charge < -0.3 is 10.2 Å². The number of benzene rings is 2. The highest BCUT2D eigenvalue weighted by Gasteiger charge is 2.36. The summed E-state index contributed by atoms with van der Waals surface area (Å²) >= 11 is 0. The molecule has 1 saturated heterocycles. The molecule has 33 heavy (non-hydrogen) atoms. The van der Waals surface area contributed by atoms with Crippen molar-refractivity contribution in [3.8, 4) is 0 Å². The van der Waals surface area contributed by atoms with Crippen molar-refractivity contribution in [1.82, 2.24) is 10.2 Å². The minimum absolute atomic E-state index is 0.0274. The van der Waals surface area contributed by atoms with Gasteiger partial charge in [-0.05, 0) is 29.7 Å². The molecule has 0 aromatic heterocycles. The van der Waals surface area contributed by atoms with Gasteiger partial charge in [0, 0.05) is 25.6 Å². The van der Waals surface area contributed by atoms with Crippen molar-refractivity contribution in [1.29, 1.82) is 0 Å². The van der Waals surface area contributed by atoms with Crippen LogP contribution in [-0.4, -0.2) is 36.0 Å². The van der Waals surface area contributed by atoms with Gasteiger partial charge in [-0.15, -0.1) is 0 Å². The van der Waals surface area contributed by atoms with E-state index in [1.165, 1.54) is 41.3 Å². The Morgan fingerprint density at radius 2 is 1.73 bits per heavy atom. The minimum Gasteiger partial charge on any atom is -0.344 e. The van der Waals surface area contributed by atoms with E-state index >= 15 is 0 Å². The lowest BCUT2D eigenvalue weighted by Gasteiger charge is -2.25. The first kappa shape index (κ1) is 24.3. The van der Waals surface area contributed by atoms with Gasteiger partial charge in [0.05, 0.1) is 17.2 Å². The van der Waals surface area contributed by atoms with E-state index in [-0.39, 0.29) is 30.0 Å². The Kier molecular flexibility index (Phi) is 7.14. The summed E-state index contributed by atoms with van der Waals surface area (Å²) in [6, 6.07) is 9.68. The van der Waals surface area contributed by atoms with Gasteiger partial charge in [0.1, 0.15) is 0 Å². The van der Waals surface area contributed by atoms with Crippen LogP contribution in [0.1, 0.15) is 35.6 Å². The fraction of sp³-hybridized carbons (Fsp3) is 0.304. The van der Waals surface area contributed by atoms with Crippen LogP contribution in [0.2, 0.25) is 0 Å². The normalized spacial score (nSPS) is 16.1. The Bertz CT molecular complexity index is 1030. The highest BCUT2D eigenvalue weighted by Crippen LogP contribution is 2.34. The van der Waals surface area contributed by atoms with Gasteiger partial charge in [-0.1, -0.05) is 42.5 Å². The van der Waals surface area contributed by atoms with Gasteiger partial charge in [0.15, 0.2) is 0 Å². The molecule has 1 unspecified atom stereocenters. The standard InChI is InChI=1S/C23H20F6N2O2/c24-22(25,26)17-9-4-8-16(12-17)19(14-31-11-5-10-21(31)33)30-20(32)13-18(23(27,28)29)15-6-2-1-3-7-15/h1-4,6-9,12-13,19H,5,10-11,14H2,(H,30,32)/b18-13+. The summed E-state index contributed by atoms with van der Waals surface area (Å²) in [6.07, 6.45) is -8.30. The van der Waals surface area contributed by atoms with Crippen LogP contribution in [0.25, 0.3) is 5.57 Å². The van der Waals surface area contributed by atoms with Crippen LogP contribution in [0.15, 0.2) is 60.7 Å². The summed E-state index contributed by atoms with van der Waals surface area (Å²) in [5.74, 6) is -1.38. The third-order valence-electron chi connectivity index (χ3n) is 5.17. The molecule has 2 aromatic rings. The van der Waals surface area contributed by atoms with Gasteiger partial charge >= 0.3 is 12.4 Å². The van der Waals surface area contributed by atoms with Gasteiger partial charge in [-0.25, -0.2) is 0 Å². The average molecular weight is 470 g/mol. The zero-order valence-electron chi connectivity index (χ0n) is 17.2. The predicted octanol–water partition coefficient (Wildman–Crippen LogP) is 5.13. The third kappa shape index (κ3) is 6.36. The maximum Gasteiger partial charge on any atom is 0.417 e. The Morgan fingerprint density at radius 3 is 2.30 bits per heavy atom. The van der Waals surface area contributed by atoms with Crippen LogP contribution >= 0.6 is 0 Å². The van der Waals surface area contributed by atoms with E-state index in [0.29, 0.717) is 19.0 Å². The second kappa shape index (κ2) is 9.68. The summed E-state index contributed by atoms with van der Waals surface area (Å²) in [7, 11) is 0. The molecule has 1 fully saturated rings. The number of halogens is 6. The molecule has 1 aliphatic heterocycles. The molecule has 0 radical (unpaired) electrons. The number of hydrogen-bond donors (Lipinski definition) is 1. The smallest absolute Gasteiger partial charge is 0.344 e. The molecule has 1 heterocycles. The summed E-state index contributed by atoms with van der Waals surface area (Å²) in [6.45, 7) is 0.185. The van der Waals surface area contributed by atoms with E-state index < -0.39 is 35.4 Å². The number of hydrogen-bond acceptors (Lipinski definition) is 2. The molecule has 1 aliphatic rings. The van der Waals surface area contributed by atoms with E-state index in [1.54, 1.807) is 0 Å². The van der Waals surface area contributed by atoms with Crippen molar-refractivity contribution in [3.63, 3.8) is 0 Å². The predicted molar refractivity (Wildman–Crippen MR) is 109 cm³/mol. The van der Waals surface area contributed by atoms with Crippen molar-refractivity contribution in [3.05, 3.63) is 77.4 Å². The SMILES string of the molecule is O=C(/C=C(\c1ccccc1)C(F)(F)F)NC(CN1CCCC1=O)c1cccc(C(F)(F)F)c1. The van der Waals surface area contributed by atoms with Crippen LogP contribution in [0.3, 0.4) is 0 Å². The van der Waals surface area contributed by atoms with E-state index in [0.717, 1.165) is 18.2 Å². The number of carbonyl (C=O) groups is 2. The number of nitrogens with one attached hydrogen (secondary N) is 1. The zero-order valence-corrected chi connectivity index (χ0v) is 17.2. The second-order valence-electron chi connectivity index (χ2n) is 7.55. The maximum absolute atomic E-state index is 13.6. The van der Waals surface area contributed by atoms with Gasteiger partial charge in [-0.2, -0.15) is 26.3 Å². The Morgan fingerprint density at radius 1 is 1.03 bits per heavy atom. The molecule has 2 aromatic carbocycles.